The topological polar surface area (TPSA) is 61.4 Å². The summed E-state index contributed by atoms with van der Waals surface area (Å²) in [6.07, 6.45) is 0. The number of nitrogens with one attached hydrogen (secondary N) is 2. The number of amides is 2. The van der Waals surface area contributed by atoms with Crippen LogP contribution in [0.5, 0.6) is 0 Å². The van der Waals surface area contributed by atoms with Crippen molar-refractivity contribution in [2.24, 2.45) is 0 Å². The minimum absolute atomic E-state index is 0.103. The van der Waals surface area contributed by atoms with E-state index < -0.39 is 0 Å². The zero-order chi connectivity index (χ0) is 17.7. The second-order valence-corrected chi connectivity index (χ2v) is 5.96. The van der Waals surface area contributed by atoms with Gasteiger partial charge in [0, 0.05) is 30.9 Å². The molecule has 0 heterocycles. The van der Waals surface area contributed by atoms with Crippen molar-refractivity contribution >= 4 is 34.8 Å². The summed E-state index contributed by atoms with van der Waals surface area (Å²) in [5.41, 5.74) is 2.78. The molecule has 0 radical (unpaired) electrons. The van der Waals surface area contributed by atoms with Crippen LogP contribution in [-0.2, 0) is 0 Å². The standard InChI is InChI=1S/C18H19N3O2S/c1-12-7-9-13(10-8-12)16(22)20-18(24)19-15-6-4-5-14(11-15)17(23)21(2)3/h4-11H,1-3H3,(H2,19,20,22,24). The Labute approximate surface area is 146 Å². The number of carbonyl (C=O) groups excluding carboxylic acids is 2. The molecule has 2 aromatic carbocycles. The van der Waals surface area contributed by atoms with E-state index >= 15 is 0 Å². The largest absolute Gasteiger partial charge is 0.345 e. The second-order valence-electron chi connectivity index (χ2n) is 5.55. The molecule has 0 spiro atoms. The molecule has 0 aliphatic carbocycles. The van der Waals surface area contributed by atoms with Gasteiger partial charge in [0.1, 0.15) is 0 Å². The highest BCUT2D eigenvalue weighted by Crippen LogP contribution is 2.12. The van der Waals surface area contributed by atoms with E-state index in [2.05, 4.69) is 10.6 Å². The highest BCUT2D eigenvalue weighted by Gasteiger charge is 2.10. The van der Waals surface area contributed by atoms with E-state index in [-0.39, 0.29) is 16.9 Å². The summed E-state index contributed by atoms with van der Waals surface area (Å²) >= 11 is 5.16. The lowest BCUT2D eigenvalue weighted by Gasteiger charge is -2.13. The fraction of sp³-hybridized carbons (Fsp3) is 0.167. The summed E-state index contributed by atoms with van der Waals surface area (Å²) in [6, 6.07) is 14.1. The van der Waals surface area contributed by atoms with E-state index in [0.717, 1.165) is 5.56 Å². The van der Waals surface area contributed by atoms with Crippen LogP contribution in [0.1, 0.15) is 26.3 Å². The fourth-order valence-electron chi connectivity index (χ4n) is 2.03. The van der Waals surface area contributed by atoms with Crippen LogP contribution in [0.2, 0.25) is 0 Å². The van der Waals surface area contributed by atoms with E-state index in [4.69, 9.17) is 12.2 Å². The molecule has 0 aliphatic rings. The number of hydrogen-bond acceptors (Lipinski definition) is 3. The zero-order valence-electron chi connectivity index (χ0n) is 13.8. The first-order valence-corrected chi connectivity index (χ1v) is 7.78. The summed E-state index contributed by atoms with van der Waals surface area (Å²) in [5.74, 6) is -0.388. The summed E-state index contributed by atoms with van der Waals surface area (Å²) in [6.45, 7) is 1.95. The molecule has 124 valence electrons. The Morgan fingerprint density at radius 1 is 1.00 bits per heavy atom. The molecule has 0 bridgehead atoms. The Morgan fingerprint density at radius 3 is 2.29 bits per heavy atom. The third kappa shape index (κ3) is 4.63. The van der Waals surface area contributed by atoms with Gasteiger partial charge in [-0.25, -0.2) is 0 Å². The molecule has 5 nitrogen and oxygen atoms in total. The number of anilines is 1. The van der Waals surface area contributed by atoms with E-state index in [1.807, 2.05) is 19.1 Å². The average Bonchev–Trinajstić information content (AvgIpc) is 2.54. The van der Waals surface area contributed by atoms with Crippen LogP contribution < -0.4 is 10.6 Å². The number of thiocarbonyl (C=S) groups is 1. The Kier molecular flexibility index (Phi) is 5.65. The van der Waals surface area contributed by atoms with E-state index in [9.17, 15) is 9.59 Å². The molecule has 0 saturated carbocycles. The van der Waals surface area contributed by atoms with Crippen LogP contribution in [0.4, 0.5) is 5.69 Å². The normalized spacial score (nSPS) is 9.96. The van der Waals surface area contributed by atoms with E-state index in [1.165, 1.54) is 4.90 Å². The van der Waals surface area contributed by atoms with Crippen LogP contribution in [0, 0.1) is 6.92 Å². The van der Waals surface area contributed by atoms with E-state index in [1.54, 1.807) is 50.5 Å². The van der Waals surface area contributed by atoms with Gasteiger partial charge >= 0.3 is 0 Å². The number of hydrogen-bond donors (Lipinski definition) is 2. The van der Waals surface area contributed by atoms with Gasteiger partial charge in [-0.05, 0) is 49.5 Å². The average molecular weight is 341 g/mol. The maximum absolute atomic E-state index is 12.1. The van der Waals surface area contributed by atoms with Crippen molar-refractivity contribution in [1.82, 2.24) is 10.2 Å². The molecule has 6 heteroatoms. The lowest BCUT2D eigenvalue weighted by molar-refractivity contribution is 0.0827. The van der Waals surface area contributed by atoms with Crippen LogP contribution in [0.15, 0.2) is 48.5 Å². The molecule has 2 rings (SSSR count). The maximum atomic E-state index is 12.1. The Bertz CT molecular complexity index is 770. The van der Waals surface area contributed by atoms with Crippen molar-refractivity contribution in [2.45, 2.75) is 6.92 Å². The molecular weight excluding hydrogens is 322 g/mol. The number of nitrogens with zero attached hydrogens (tertiary/aromatic N) is 1. The maximum Gasteiger partial charge on any atom is 0.257 e. The first-order chi connectivity index (χ1) is 11.4. The molecule has 0 saturated heterocycles. The van der Waals surface area contributed by atoms with Gasteiger partial charge in [0.15, 0.2) is 5.11 Å². The number of benzene rings is 2. The molecule has 2 aromatic rings. The molecule has 0 unspecified atom stereocenters. The summed E-state index contributed by atoms with van der Waals surface area (Å²) in [7, 11) is 3.38. The van der Waals surface area contributed by atoms with Gasteiger partial charge in [0.25, 0.3) is 11.8 Å². The predicted molar refractivity (Wildman–Crippen MR) is 99.3 cm³/mol. The summed E-state index contributed by atoms with van der Waals surface area (Å²) < 4.78 is 0. The highest BCUT2D eigenvalue weighted by atomic mass is 32.1. The van der Waals surface area contributed by atoms with Crippen molar-refractivity contribution < 1.29 is 9.59 Å². The summed E-state index contributed by atoms with van der Waals surface area (Å²) in [4.78, 5) is 25.6. The number of carbonyl (C=O) groups is 2. The fourth-order valence-corrected chi connectivity index (χ4v) is 2.24. The molecule has 0 aromatic heterocycles. The minimum atomic E-state index is -0.284. The minimum Gasteiger partial charge on any atom is -0.345 e. The van der Waals surface area contributed by atoms with Crippen LogP contribution in [0.25, 0.3) is 0 Å². The van der Waals surface area contributed by atoms with Crippen LogP contribution >= 0.6 is 12.2 Å². The number of rotatable bonds is 3. The molecule has 24 heavy (non-hydrogen) atoms. The van der Waals surface area contributed by atoms with Gasteiger partial charge in [-0.15, -0.1) is 0 Å². The first kappa shape index (κ1) is 17.6. The third-order valence-electron chi connectivity index (χ3n) is 3.31. The lowest BCUT2D eigenvalue weighted by atomic mass is 10.1. The highest BCUT2D eigenvalue weighted by molar-refractivity contribution is 7.80. The van der Waals surface area contributed by atoms with Crippen LogP contribution in [0.3, 0.4) is 0 Å². The van der Waals surface area contributed by atoms with E-state index in [0.29, 0.717) is 16.8 Å². The quantitative estimate of drug-likeness (QED) is 0.843. The van der Waals surface area contributed by atoms with Crippen molar-refractivity contribution in [1.29, 1.82) is 0 Å². The van der Waals surface area contributed by atoms with Gasteiger partial charge < -0.3 is 10.2 Å². The molecule has 0 fully saturated rings. The lowest BCUT2D eigenvalue weighted by Crippen LogP contribution is -2.34. The van der Waals surface area contributed by atoms with Gasteiger partial charge in [-0.3, -0.25) is 14.9 Å². The Balaban J connectivity index is 2.02. The van der Waals surface area contributed by atoms with Gasteiger partial charge in [-0.1, -0.05) is 23.8 Å². The number of aryl methyl sites for hydroxylation is 1. The Morgan fingerprint density at radius 2 is 1.67 bits per heavy atom. The molecule has 0 atom stereocenters. The van der Waals surface area contributed by atoms with Crippen molar-refractivity contribution in [3.05, 3.63) is 65.2 Å². The SMILES string of the molecule is Cc1ccc(C(=O)NC(=S)Nc2cccc(C(=O)N(C)C)c2)cc1. The van der Waals surface area contributed by atoms with Crippen molar-refractivity contribution in [2.75, 3.05) is 19.4 Å². The zero-order valence-corrected chi connectivity index (χ0v) is 14.6. The molecular formula is C18H19N3O2S. The first-order valence-electron chi connectivity index (χ1n) is 7.37. The van der Waals surface area contributed by atoms with Crippen molar-refractivity contribution in [3.63, 3.8) is 0 Å². The second kappa shape index (κ2) is 7.70. The smallest absolute Gasteiger partial charge is 0.257 e. The predicted octanol–water partition coefficient (Wildman–Crippen LogP) is 2.82. The van der Waals surface area contributed by atoms with Gasteiger partial charge in [0.05, 0.1) is 0 Å². The molecule has 0 aliphatic heterocycles. The van der Waals surface area contributed by atoms with Crippen LogP contribution in [-0.4, -0.2) is 35.9 Å². The Hall–Kier alpha value is -2.73. The van der Waals surface area contributed by atoms with Gasteiger partial charge in [-0.2, -0.15) is 0 Å². The molecule has 2 amide bonds. The third-order valence-corrected chi connectivity index (χ3v) is 3.52. The molecule has 2 N–H and O–H groups in total. The van der Waals surface area contributed by atoms with Crippen molar-refractivity contribution in [3.8, 4) is 0 Å². The summed E-state index contributed by atoms with van der Waals surface area (Å²) in [5, 5.41) is 5.71. The monoisotopic (exact) mass is 341 g/mol. The van der Waals surface area contributed by atoms with Gasteiger partial charge in [0.2, 0.25) is 0 Å².